The van der Waals surface area contributed by atoms with Crippen LogP contribution in [-0.4, -0.2) is 28.5 Å². The maximum Gasteiger partial charge on any atom is 0.0641 e. The Labute approximate surface area is 84.9 Å². The Morgan fingerprint density at radius 2 is 2.14 bits per heavy atom. The Morgan fingerprint density at radius 1 is 1.43 bits per heavy atom. The summed E-state index contributed by atoms with van der Waals surface area (Å²) in [6, 6.07) is 0. The molecule has 0 amide bonds. The molecule has 2 N–H and O–H groups in total. The van der Waals surface area contributed by atoms with Crippen LogP contribution >= 0.6 is 0 Å². The fourth-order valence-corrected chi connectivity index (χ4v) is 1.60. The number of nitrogens with zero attached hydrogens (tertiary/aromatic N) is 2. The third-order valence-corrected chi connectivity index (χ3v) is 2.41. The van der Waals surface area contributed by atoms with Crippen LogP contribution in [0, 0.1) is 13.8 Å². The number of aliphatic hydroxyl groups excluding tert-OH is 1. The smallest absolute Gasteiger partial charge is 0.0641 e. The first-order valence-corrected chi connectivity index (χ1v) is 4.99. The summed E-state index contributed by atoms with van der Waals surface area (Å²) in [7, 11) is 1.93. The minimum atomic E-state index is 0.222. The van der Waals surface area contributed by atoms with Crippen molar-refractivity contribution in [2.24, 2.45) is 0 Å². The Hall–Kier alpha value is -0.870. The molecular weight excluding hydrogens is 178 g/mol. The molecule has 80 valence electrons. The van der Waals surface area contributed by atoms with Gasteiger partial charge in [-0.3, -0.25) is 4.68 Å². The van der Waals surface area contributed by atoms with Crippen LogP contribution in [0.2, 0.25) is 0 Å². The largest absolute Gasteiger partial charge is 0.396 e. The van der Waals surface area contributed by atoms with Crippen molar-refractivity contribution in [1.82, 2.24) is 15.1 Å². The molecule has 14 heavy (non-hydrogen) atoms. The molecule has 4 nitrogen and oxygen atoms in total. The van der Waals surface area contributed by atoms with Crippen molar-refractivity contribution in [1.29, 1.82) is 0 Å². The van der Waals surface area contributed by atoms with E-state index in [-0.39, 0.29) is 6.61 Å². The molecule has 1 heterocycles. The second-order valence-corrected chi connectivity index (χ2v) is 3.48. The Bertz CT molecular complexity index is 294. The van der Waals surface area contributed by atoms with Gasteiger partial charge < -0.3 is 10.4 Å². The molecule has 0 aliphatic heterocycles. The lowest BCUT2D eigenvalue weighted by Gasteiger charge is -2.03. The van der Waals surface area contributed by atoms with Gasteiger partial charge in [-0.15, -0.1) is 0 Å². The summed E-state index contributed by atoms with van der Waals surface area (Å²) in [4.78, 5) is 0. The second-order valence-electron chi connectivity index (χ2n) is 3.48. The number of aryl methyl sites for hydroxylation is 2. The van der Waals surface area contributed by atoms with Crippen molar-refractivity contribution in [2.45, 2.75) is 33.4 Å². The van der Waals surface area contributed by atoms with Gasteiger partial charge in [-0.1, -0.05) is 0 Å². The van der Waals surface area contributed by atoms with Crippen LogP contribution in [0.15, 0.2) is 0 Å². The molecule has 0 unspecified atom stereocenters. The van der Waals surface area contributed by atoms with Gasteiger partial charge in [0.15, 0.2) is 0 Å². The van der Waals surface area contributed by atoms with E-state index in [4.69, 9.17) is 5.11 Å². The number of aliphatic hydroxyl groups is 1. The second kappa shape index (κ2) is 5.12. The zero-order chi connectivity index (χ0) is 10.6. The molecule has 1 aromatic heterocycles. The van der Waals surface area contributed by atoms with Gasteiger partial charge in [0.2, 0.25) is 0 Å². The lowest BCUT2D eigenvalue weighted by molar-refractivity contribution is 0.276. The lowest BCUT2D eigenvalue weighted by Crippen LogP contribution is -2.08. The molecule has 0 fully saturated rings. The minimum absolute atomic E-state index is 0.222. The molecular formula is C10H19N3O. The van der Waals surface area contributed by atoms with Gasteiger partial charge >= 0.3 is 0 Å². The number of nitrogens with one attached hydrogen (secondary N) is 1. The molecule has 0 atom stereocenters. The highest BCUT2D eigenvalue weighted by Gasteiger charge is 2.09. The van der Waals surface area contributed by atoms with E-state index >= 15 is 0 Å². The normalized spacial score (nSPS) is 10.9. The van der Waals surface area contributed by atoms with E-state index in [0.717, 1.165) is 25.2 Å². The molecule has 0 spiro atoms. The Morgan fingerprint density at radius 3 is 2.71 bits per heavy atom. The van der Waals surface area contributed by atoms with Crippen LogP contribution in [0.5, 0.6) is 0 Å². The fraction of sp³-hybridized carbons (Fsp3) is 0.700. The van der Waals surface area contributed by atoms with Crippen molar-refractivity contribution in [3.63, 3.8) is 0 Å². The summed E-state index contributed by atoms with van der Waals surface area (Å²) in [6.45, 7) is 5.97. The van der Waals surface area contributed by atoms with Gasteiger partial charge in [0.05, 0.1) is 5.69 Å². The highest BCUT2D eigenvalue weighted by Crippen LogP contribution is 2.12. The van der Waals surface area contributed by atoms with Crippen molar-refractivity contribution < 1.29 is 5.11 Å². The first kappa shape index (κ1) is 11.2. The zero-order valence-corrected chi connectivity index (χ0v) is 9.17. The monoisotopic (exact) mass is 197 g/mol. The predicted octanol–water partition coefficient (Wildman–Crippen LogP) is 0.602. The van der Waals surface area contributed by atoms with Crippen molar-refractivity contribution >= 4 is 0 Å². The molecule has 0 saturated heterocycles. The van der Waals surface area contributed by atoms with Gasteiger partial charge in [0.1, 0.15) is 0 Å². The fourth-order valence-electron chi connectivity index (χ4n) is 1.60. The summed E-state index contributed by atoms with van der Waals surface area (Å²) < 4.78 is 1.97. The third-order valence-electron chi connectivity index (χ3n) is 2.41. The first-order chi connectivity index (χ1) is 6.70. The molecule has 1 aromatic rings. The number of rotatable bonds is 5. The molecule has 4 heteroatoms. The van der Waals surface area contributed by atoms with Crippen molar-refractivity contribution in [2.75, 3.05) is 13.7 Å². The maximum absolute atomic E-state index is 8.74. The zero-order valence-electron chi connectivity index (χ0n) is 9.17. The Balaban J connectivity index is 2.81. The van der Waals surface area contributed by atoms with Gasteiger partial charge in [-0.2, -0.15) is 5.10 Å². The molecule has 0 aliphatic rings. The predicted molar refractivity (Wildman–Crippen MR) is 56.2 cm³/mol. The highest BCUT2D eigenvalue weighted by molar-refractivity contribution is 5.24. The molecule has 0 radical (unpaired) electrons. The minimum Gasteiger partial charge on any atom is -0.396 e. The summed E-state index contributed by atoms with van der Waals surface area (Å²) in [5.41, 5.74) is 3.55. The van der Waals surface area contributed by atoms with Crippen molar-refractivity contribution in [3.05, 3.63) is 17.0 Å². The summed E-state index contributed by atoms with van der Waals surface area (Å²) in [6.07, 6.45) is 0.765. The van der Waals surface area contributed by atoms with Gasteiger partial charge in [0, 0.05) is 31.0 Å². The highest BCUT2D eigenvalue weighted by atomic mass is 16.3. The Kier molecular flexibility index (Phi) is 4.10. The summed E-state index contributed by atoms with van der Waals surface area (Å²) in [5, 5.41) is 16.3. The topological polar surface area (TPSA) is 50.1 Å². The van der Waals surface area contributed by atoms with Crippen LogP contribution in [0.25, 0.3) is 0 Å². The van der Waals surface area contributed by atoms with E-state index in [2.05, 4.69) is 17.3 Å². The van der Waals surface area contributed by atoms with Crippen LogP contribution < -0.4 is 5.32 Å². The SMILES string of the molecule is CNCc1c(C)nn(CCCO)c1C. The molecule has 1 rings (SSSR count). The summed E-state index contributed by atoms with van der Waals surface area (Å²) in [5.74, 6) is 0. The average Bonchev–Trinajstić information content (AvgIpc) is 2.43. The standard InChI is InChI=1S/C10H19N3O/c1-8-10(7-11-3)9(2)13(12-8)5-4-6-14/h11,14H,4-7H2,1-3H3. The van der Waals surface area contributed by atoms with Crippen molar-refractivity contribution in [3.8, 4) is 0 Å². The first-order valence-electron chi connectivity index (χ1n) is 4.99. The van der Waals surface area contributed by atoms with E-state index < -0.39 is 0 Å². The van der Waals surface area contributed by atoms with Gasteiger partial charge in [0.25, 0.3) is 0 Å². The number of aromatic nitrogens is 2. The van der Waals surface area contributed by atoms with E-state index in [9.17, 15) is 0 Å². The van der Waals surface area contributed by atoms with Crippen LogP contribution in [0.1, 0.15) is 23.4 Å². The van der Waals surface area contributed by atoms with Crippen LogP contribution in [0.4, 0.5) is 0 Å². The third kappa shape index (κ3) is 2.33. The molecule has 0 saturated carbocycles. The average molecular weight is 197 g/mol. The number of hydrogen-bond donors (Lipinski definition) is 2. The van der Waals surface area contributed by atoms with E-state index in [1.54, 1.807) is 0 Å². The maximum atomic E-state index is 8.74. The lowest BCUT2D eigenvalue weighted by atomic mass is 10.2. The van der Waals surface area contributed by atoms with E-state index in [1.807, 2.05) is 18.7 Å². The van der Waals surface area contributed by atoms with Gasteiger partial charge in [-0.25, -0.2) is 0 Å². The van der Waals surface area contributed by atoms with E-state index in [0.29, 0.717) is 0 Å². The van der Waals surface area contributed by atoms with E-state index in [1.165, 1.54) is 11.3 Å². The van der Waals surface area contributed by atoms with Gasteiger partial charge in [-0.05, 0) is 27.3 Å². The molecule has 0 aromatic carbocycles. The van der Waals surface area contributed by atoms with Crippen LogP contribution in [-0.2, 0) is 13.1 Å². The summed E-state index contributed by atoms with van der Waals surface area (Å²) >= 11 is 0. The number of hydrogen-bond acceptors (Lipinski definition) is 3. The van der Waals surface area contributed by atoms with Crippen LogP contribution in [0.3, 0.4) is 0 Å². The molecule has 0 bridgehead atoms. The quantitative estimate of drug-likeness (QED) is 0.727. The molecule has 0 aliphatic carbocycles.